The lowest BCUT2D eigenvalue weighted by Crippen LogP contribution is -2.25. The van der Waals surface area contributed by atoms with Crippen LogP contribution in [0.1, 0.15) is 15.4 Å². The first-order valence-corrected chi connectivity index (χ1v) is 6.38. The standard InChI is InChI=1S/C12H11ClN2OS/c13-11-5-4-10(17-11)12(16)15-8-6-9-3-1-2-7-14-9/h1-5,7H,6,8H2,(H,15,16). The van der Waals surface area contributed by atoms with E-state index in [0.29, 0.717) is 15.8 Å². The van der Waals surface area contributed by atoms with Crippen LogP contribution in [0.2, 0.25) is 4.34 Å². The van der Waals surface area contributed by atoms with Gasteiger partial charge in [-0.25, -0.2) is 0 Å². The summed E-state index contributed by atoms with van der Waals surface area (Å²) in [6.45, 7) is 0.575. The number of thiophene rings is 1. The summed E-state index contributed by atoms with van der Waals surface area (Å²) in [4.78, 5) is 16.5. The molecule has 0 fully saturated rings. The second kappa shape index (κ2) is 5.80. The van der Waals surface area contributed by atoms with Gasteiger partial charge in [-0.2, -0.15) is 0 Å². The maximum Gasteiger partial charge on any atom is 0.261 e. The van der Waals surface area contributed by atoms with Crippen LogP contribution in [0.25, 0.3) is 0 Å². The molecule has 17 heavy (non-hydrogen) atoms. The molecule has 1 amide bonds. The van der Waals surface area contributed by atoms with Crippen molar-refractivity contribution in [3.8, 4) is 0 Å². The Labute approximate surface area is 108 Å². The van der Waals surface area contributed by atoms with Crippen LogP contribution in [-0.4, -0.2) is 17.4 Å². The van der Waals surface area contributed by atoms with Gasteiger partial charge < -0.3 is 5.32 Å². The summed E-state index contributed by atoms with van der Waals surface area (Å²) in [7, 11) is 0. The quantitative estimate of drug-likeness (QED) is 0.925. The van der Waals surface area contributed by atoms with Gasteiger partial charge in [-0.3, -0.25) is 9.78 Å². The summed E-state index contributed by atoms with van der Waals surface area (Å²) >= 11 is 7.04. The number of aromatic nitrogens is 1. The molecule has 2 aromatic heterocycles. The van der Waals surface area contributed by atoms with Gasteiger partial charge in [0.2, 0.25) is 0 Å². The highest BCUT2D eigenvalue weighted by atomic mass is 35.5. The Bertz CT molecular complexity index is 498. The van der Waals surface area contributed by atoms with Crippen molar-refractivity contribution in [3.05, 3.63) is 51.4 Å². The summed E-state index contributed by atoms with van der Waals surface area (Å²) in [5.74, 6) is -0.0853. The van der Waals surface area contributed by atoms with Crippen molar-refractivity contribution in [1.29, 1.82) is 0 Å². The first-order chi connectivity index (χ1) is 8.25. The average Bonchev–Trinajstić information content (AvgIpc) is 2.77. The molecule has 0 saturated carbocycles. The molecule has 0 spiro atoms. The Kier molecular flexibility index (Phi) is 4.12. The Balaban J connectivity index is 1.81. The number of nitrogens with zero attached hydrogens (tertiary/aromatic N) is 1. The van der Waals surface area contributed by atoms with Crippen molar-refractivity contribution in [2.75, 3.05) is 6.54 Å². The largest absolute Gasteiger partial charge is 0.351 e. The summed E-state index contributed by atoms with van der Waals surface area (Å²) in [5, 5.41) is 2.83. The smallest absolute Gasteiger partial charge is 0.261 e. The maximum absolute atomic E-state index is 11.7. The highest BCUT2D eigenvalue weighted by Crippen LogP contribution is 2.20. The molecule has 0 unspecified atom stereocenters. The minimum atomic E-state index is -0.0853. The molecule has 2 rings (SSSR count). The zero-order valence-corrected chi connectivity index (χ0v) is 10.6. The van der Waals surface area contributed by atoms with E-state index in [1.807, 2.05) is 18.2 Å². The second-order valence-electron chi connectivity index (χ2n) is 3.43. The van der Waals surface area contributed by atoms with Crippen molar-refractivity contribution < 1.29 is 4.79 Å². The minimum Gasteiger partial charge on any atom is -0.351 e. The number of nitrogens with one attached hydrogen (secondary N) is 1. The van der Waals surface area contributed by atoms with E-state index in [-0.39, 0.29) is 5.91 Å². The molecule has 0 bridgehead atoms. The van der Waals surface area contributed by atoms with Crippen LogP contribution < -0.4 is 5.32 Å². The molecular formula is C12H11ClN2OS. The predicted octanol–water partition coefficient (Wildman–Crippen LogP) is 2.77. The third kappa shape index (κ3) is 3.54. The van der Waals surface area contributed by atoms with Crippen LogP contribution in [0.3, 0.4) is 0 Å². The Morgan fingerprint density at radius 1 is 1.35 bits per heavy atom. The molecule has 0 aliphatic rings. The fraction of sp³-hybridized carbons (Fsp3) is 0.167. The molecule has 0 aliphatic carbocycles. The van der Waals surface area contributed by atoms with Crippen molar-refractivity contribution in [2.24, 2.45) is 0 Å². The van der Waals surface area contributed by atoms with E-state index in [1.165, 1.54) is 11.3 Å². The third-order valence-corrected chi connectivity index (χ3v) is 3.42. The number of pyridine rings is 1. The molecule has 2 heterocycles. The zero-order chi connectivity index (χ0) is 12.1. The molecule has 5 heteroatoms. The van der Waals surface area contributed by atoms with Crippen LogP contribution in [0.4, 0.5) is 0 Å². The van der Waals surface area contributed by atoms with Crippen LogP contribution in [0.15, 0.2) is 36.5 Å². The topological polar surface area (TPSA) is 42.0 Å². The van der Waals surface area contributed by atoms with E-state index in [2.05, 4.69) is 10.3 Å². The molecule has 88 valence electrons. The number of hydrogen-bond donors (Lipinski definition) is 1. The summed E-state index contributed by atoms with van der Waals surface area (Å²) in [6, 6.07) is 9.19. The second-order valence-corrected chi connectivity index (χ2v) is 5.15. The van der Waals surface area contributed by atoms with Crippen LogP contribution in [-0.2, 0) is 6.42 Å². The molecule has 0 aliphatic heterocycles. The van der Waals surface area contributed by atoms with E-state index < -0.39 is 0 Å². The highest BCUT2D eigenvalue weighted by molar-refractivity contribution is 7.17. The number of rotatable bonds is 4. The van der Waals surface area contributed by atoms with Gasteiger partial charge in [0.25, 0.3) is 5.91 Å². The van der Waals surface area contributed by atoms with E-state index in [4.69, 9.17) is 11.6 Å². The molecule has 1 N–H and O–H groups in total. The van der Waals surface area contributed by atoms with Gasteiger partial charge in [-0.15, -0.1) is 11.3 Å². The van der Waals surface area contributed by atoms with Crippen molar-refractivity contribution >= 4 is 28.8 Å². The van der Waals surface area contributed by atoms with Crippen molar-refractivity contribution in [3.63, 3.8) is 0 Å². The van der Waals surface area contributed by atoms with Gasteiger partial charge in [0, 0.05) is 24.9 Å². The Morgan fingerprint density at radius 2 is 2.24 bits per heavy atom. The number of carbonyl (C=O) groups excluding carboxylic acids is 1. The number of carbonyl (C=O) groups is 1. The summed E-state index contributed by atoms with van der Waals surface area (Å²) in [6.07, 6.45) is 2.47. The fourth-order valence-electron chi connectivity index (χ4n) is 1.37. The predicted molar refractivity (Wildman–Crippen MR) is 69.6 cm³/mol. The monoisotopic (exact) mass is 266 g/mol. The highest BCUT2D eigenvalue weighted by Gasteiger charge is 2.07. The Hall–Kier alpha value is -1.39. The van der Waals surface area contributed by atoms with E-state index in [0.717, 1.165) is 12.1 Å². The average molecular weight is 267 g/mol. The minimum absolute atomic E-state index is 0.0853. The normalized spacial score (nSPS) is 10.2. The Morgan fingerprint density at radius 3 is 2.88 bits per heavy atom. The van der Waals surface area contributed by atoms with Crippen LogP contribution in [0.5, 0.6) is 0 Å². The number of hydrogen-bond acceptors (Lipinski definition) is 3. The first kappa shape index (κ1) is 12.1. The van der Waals surface area contributed by atoms with E-state index in [1.54, 1.807) is 18.3 Å². The lowest BCUT2D eigenvalue weighted by molar-refractivity contribution is 0.0958. The van der Waals surface area contributed by atoms with Crippen LogP contribution >= 0.6 is 22.9 Å². The number of amides is 1. The van der Waals surface area contributed by atoms with Crippen molar-refractivity contribution in [2.45, 2.75) is 6.42 Å². The van der Waals surface area contributed by atoms with Gasteiger partial charge in [0.1, 0.15) is 0 Å². The lowest BCUT2D eigenvalue weighted by Gasteiger charge is -2.02. The van der Waals surface area contributed by atoms with E-state index in [9.17, 15) is 4.79 Å². The molecule has 3 nitrogen and oxygen atoms in total. The van der Waals surface area contributed by atoms with E-state index >= 15 is 0 Å². The van der Waals surface area contributed by atoms with Crippen LogP contribution in [0, 0.1) is 0 Å². The summed E-state index contributed by atoms with van der Waals surface area (Å²) < 4.78 is 0.625. The lowest BCUT2D eigenvalue weighted by atomic mass is 10.3. The molecule has 2 aromatic rings. The van der Waals surface area contributed by atoms with Gasteiger partial charge in [-0.1, -0.05) is 17.7 Å². The maximum atomic E-state index is 11.7. The number of halogens is 1. The van der Waals surface area contributed by atoms with Crippen molar-refractivity contribution in [1.82, 2.24) is 10.3 Å². The van der Waals surface area contributed by atoms with Gasteiger partial charge in [0.15, 0.2) is 0 Å². The molecule has 0 atom stereocenters. The SMILES string of the molecule is O=C(NCCc1ccccn1)c1ccc(Cl)s1. The fourth-order valence-corrected chi connectivity index (χ4v) is 2.33. The van der Waals surface area contributed by atoms with Gasteiger partial charge in [0.05, 0.1) is 9.21 Å². The van der Waals surface area contributed by atoms with Gasteiger partial charge >= 0.3 is 0 Å². The first-order valence-electron chi connectivity index (χ1n) is 5.19. The zero-order valence-electron chi connectivity index (χ0n) is 9.02. The molecule has 0 aromatic carbocycles. The summed E-state index contributed by atoms with van der Waals surface area (Å²) in [5.41, 5.74) is 0.969. The van der Waals surface area contributed by atoms with Gasteiger partial charge in [-0.05, 0) is 24.3 Å². The molecular weight excluding hydrogens is 256 g/mol. The molecule has 0 radical (unpaired) electrons. The third-order valence-electron chi connectivity index (χ3n) is 2.19. The molecule has 0 saturated heterocycles.